The van der Waals surface area contributed by atoms with E-state index in [2.05, 4.69) is 9.97 Å². The summed E-state index contributed by atoms with van der Waals surface area (Å²) >= 11 is 0. The van der Waals surface area contributed by atoms with Crippen molar-refractivity contribution in [3.63, 3.8) is 0 Å². The molecule has 1 heterocycles. The Bertz CT molecular complexity index is 958. The molecule has 23 heavy (non-hydrogen) atoms. The van der Waals surface area contributed by atoms with Crippen LogP contribution in [0.2, 0.25) is 0 Å². The van der Waals surface area contributed by atoms with Gasteiger partial charge in [-0.3, -0.25) is 9.59 Å². The van der Waals surface area contributed by atoms with Gasteiger partial charge >= 0.3 is 0 Å². The molecular formula is C18H16N2O3. The molecule has 2 aromatic carbocycles. The van der Waals surface area contributed by atoms with Gasteiger partial charge in [0, 0.05) is 11.5 Å². The highest BCUT2D eigenvalue weighted by atomic mass is 16.3. The summed E-state index contributed by atoms with van der Waals surface area (Å²) in [7, 11) is 0. The largest absolute Gasteiger partial charge is 0.507 e. The lowest BCUT2D eigenvalue weighted by Crippen LogP contribution is -2.13. The fraction of sp³-hybridized carbons (Fsp3) is 0.167. The van der Waals surface area contributed by atoms with Crippen LogP contribution >= 0.6 is 0 Å². The summed E-state index contributed by atoms with van der Waals surface area (Å²) in [4.78, 5) is 31.9. The van der Waals surface area contributed by atoms with E-state index in [-0.39, 0.29) is 28.6 Å². The van der Waals surface area contributed by atoms with Gasteiger partial charge in [0.05, 0.1) is 16.5 Å². The third-order valence-electron chi connectivity index (χ3n) is 3.68. The van der Waals surface area contributed by atoms with Gasteiger partial charge < -0.3 is 10.1 Å². The number of ketones is 1. The van der Waals surface area contributed by atoms with Gasteiger partial charge in [0.15, 0.2) is 5.78 Å². The number of H-pyrrole nitrogens is 1. The Balaban J connectivity index is 2.12. The zero-order valence-corrected chi connectivity index (χ0v) is 12.8. The normalized spacial score (nSPS) is 11.1. The third kappa shape index (κ3) is 2.73. The number of carbonyl (C=O) groups excluding carboxylic acids is 1. The SMILES string of the molecule is CC(C)c1nc2ccc(C(=O)c3ccccc3O)cc2c(=O)[nH]1. The number of aromatic hydroxyl groups is 1. The fourth-order valence-electron chi connectivity index (χ4n) is 2.39. The van der Waals surface area contributed by atoms with Gasteiger partial charge in [-0.05, 0) is 30.3 Å². The Hall–Kier alpha value is -2.95. The topological polar surface area (TPSA) is 83.0 Å². The summed E-state index contributed by atoms with van der Waals surface area (Å²) in [6.45, 7) is 3.89. The fourth-order valence-corrected chi connectivity index (χ4v) is 2.39. The van der Waals surface area contributed by atoms with Gasteiger partial charge in [-0.2, -0.15) is 0 Å². The lowest BCUT2D eigenvalue weighted by atomic mass is 10.0. The van der Waals surface area contributed by atoms with E-state index < -0.39 is 0 Å². The number of aromatic nitrogens is 2. The van der Waals surface area contributed by atoms with Crippen LogP contribution in [0, 0.1) is 0 Å². The Kier molecular flexibility index (Phi) is 3.70. The number of hydrogen-bond donors (Lipinski definition) is 2. The number of phenolic OH excluding ortho intramolecular Hbond substituents is 1. The summed E-state index contributed by atoms with van der Waals surface area (Å²) in [6.07, 6.45) is 0. The summed E-state index contributed by atoms with van der Waals surface area (Å²) < 4.78 is 0. The predicted molar refractivity (Wildman–Crippen MR) is 88.0 cm³/mol. The first-order chi connectivity index (χ1) is 11.0. The molecule has 0 amide bonds. The Morgan fingerprint density at radius 3 is 2.61 bits per heavy atom. The molecule has 0 saturated heterocycles. The van der Waals surface area contributed by atoms with E-state index in [9.17, 15) is 14.7 Å². The third-order valence-corrected chi connectivity index (χ3v) is 3.68. The molecular weight excluding hydrogens is 292 g/mol. The predicted octanol–water partition coefficient (Wildman–Crippen LogP) is 2.98. The minimum absolute atomic E-state index is 0.0835. The smallest absolute Gasteiger partial charge is 0.258 e. The van der Waals surface area contributed by atoms with Crippen molar-refractivity contribution >= 4 is 16.7 Å². The van der Waals surface area contributed by atoms with Crippen LogP contribution in [0.5, 0.6) is 5.75 Å². The summed E-state index contributed by atoms with van der Waals surface area (Å²) in [5.74, 6) is 0.300. The second-order valence-electron chi connectivity index (χ2n) is 5.68. The highest BCUT2D eigenvalue weighted by Crippen LogP contribution is 2.21. The van der Waals surface area contributed by atoms with Gasteiger partial charge in [0.1, 0.15) is 11.6 Å². The van der Waals surface area contributed by atoms with Gasteiger partial charge in [-0.25, -0.2) is 4.98 Å². The molecule has 3 aromatic rings. The molecule has 0 aliphatic rings. The van der Waals surface area contributed by atoms with Crippen molar-refractivity contribution in [2.24, 2.45) is 0 Å². The minimum atomic E-state index is -0.336. The van der Waals surface area contributed by atoms with E-state index in [1.807, 2.05) is 13.8 Å². The number of para-hydroxylation sites is 1. The lowest BCUT2D eigenvalue weighted by molar-refractivity contribution is 0.103. The molecule has 0 bridgehead atoms. The number of aromatic amines is 1. The zero-order valence-electron chi connectivity index (χ0n) is 12.8. The lowest BCUT2D eigenvalue weighted by Gasteiger charge is -2.07. The average Bonchev–Trinajstić information content (AvgIpc) is 2.54. The molecule has 2 N–H and O–H groups in total. The van der Waals surface area contributed by atoms with Crippen molar-refractivity contribution in [2.75, 3.05) is 0 Å². The van der Waals surface area contributed by atoms with Gasteiger partial charge in [0.2, 0.25) is 0 Å². The van der Waals surface area contributed by atoms with E-state index >= 15 is 0 Å². The molecule has 1 aromatic heterocycles. The van der Waals surface area contributed by atoms with Gasteiger partial charge in [-0.1, -0.05) is 26.0 Å². The molecule has 0 spiro atoms. The standard InChI is InChI=1S/C18H16N2O3/c1-10(2)17-19-14-8-7-11(9-13(14)18(23)20-17)16(22)12-5-3-4-6-15(12)21/h3-10,21H,1-2H3,(H,19,20,23). The van der Waals surface area contributed by atoms with Crippen molar-refractivity contribution in [3.05, 3.63) is 69.8 Å². The number of carbonyl (C=O) groups is 1. The molecule has 0 aliphatic carbocycles. The number of rotatable bonds is 3. The second kappa shape index (κ2) is 5.68. The van der Waals surface area contributed by atoms with E-state index in [4.69, 9.17) is 0 Å². The first kappa shape index (κ1) is 15.0. The minimum Gasteiger partial charge on any atom is -0.507 e. The van der Waals surface area contributed by atoms with Crippen molar-refractivity contribution < 1.29 is 9.90 Å². The number of benzene rings is 2. The van der Waals surface area contributed by atoms with E-state index in [0.29, 0.717) is 22.3 Å². The maximum atomic E-state index is 12.5. The van der Waals surface area contributed by atoms with E-state index in [0.717, 1.165) is 0 Å². The Morgan fingerprint density at radius 2 is 1.91 bits per heavy atom. The molecule has 3 rings (SSSR count). The highest BCUT2D eigenvalue weighted by molar-refractivity contribution is 6.11. The van der Waals surface area contributed by atoms with Crippen molar-refractivity contribution in [1.29, 1.82) is 0 Å². The molecule has 0 radical (unpaired) electrons. The van der Waals surface area contributed by atoms with Crippen LogP contribution in [0.3, 0.4) is 0 Å². The monoisotopic (exact) mass is 308 g/mol. The quantitative estimate of drug-likeness (QED) is 0.729. The van der Waals surface area contributed by atoms with E-state index in [1.54, 1.807) is 30.3 Å². The molecule has 0 fully saturated rings. The summed E-state index contributed by atoms with van der Waals surface area (Å²) in [6, 6.07) is 11.1. The Morgan fingerprint density at radius 1 is 1.17 bits per heavy atom. The number of nitrogens with one attached hydrogen (secondary N) is 1. The van der Waals surface area contributed by atoms with Crippen molar-refractivity contribution in [3.8, 4) is 5.75 Å². The van der Waals surface area contributed by atoms with Crippen LogP contribution in [-0.4, -0.2) is 20.9 Å². The molecule has 116 valence electrons. The summed E-state index contributed by atoms with van der Waals surface area (Å²) in [5.41, 5.74) is 0.815. The number of phenols is 1. The van der Waals surface area contributed by atoms with Gasteiger partial charge in [0.25, 0.3) is 5.56 Å². The van der Waals surface area contributed by atoms with Crippen molar-refractivity contribution in [1.82, 2.24) is 9.97 Å². The van der Waals surface area contributed by atoms with Gasteiger partial charge in [-0.15, -0.1) is 0 Å². The molecule has 0 atom stereocenters. The maximum absolute atomic E-state index is 12.5. The van der Waals surface area contributed by atoms with Crippen LogP contribution in [0.25, 0.3) is 10.9 Å². The highest BCUT2D eigenvalue weighted by Gasteiger charge is 2.15. The molecule has 0 unspecified atom stereocenters. The molecule has 0 aliphatic heterocycles. The average molecular weight is 308 g/mol. The second-order valence-corrected chi connectivity index (χ2v) is 5.68. The first-order valence-corrected chi connectivity index (χ1v) is 7.34. The van der Waals surface area contributed by atoms with Crippen LogP contribution in [0.1, 0.15) is 41.5 Å². The Labute approximate surface area is 132 Å². The number of hydrogen-bond acceptors (Lipinski definition) is 4. The van der Waals surface area contributed by atoms with Crippen LogP contribution in [0.15, 0.2) is 47.3 Å². The van der Waals surface area contributed by atoms with Crippen molar-refractivity contribution in [2.45, 2.75) is 19.8 Å². The summed E-state index contributed by atoms with van der Waals surface area (Å²) in [5, 5.41) is 10.2. The van der Waals surface area contributed by atoms with Crippen LogP contribution in [-0.2, 0) is 0 Å². The number of fused-ring (bicyclic) bond motifs is 1. The zero-order chi connectivity index (χ0) is 16.6. The number of nitrogens with zero attached hydrogens (tertiary/aromatic N) is 1. The van der Waals surface area contributed by atoms with Crippen LogP contribution in [0.4, 0.5) is 0 Å². The molecule has 5 heteroatoms. The van der Waals surface area contributed by atoms with E-state index in [1.165, 1.54) is 12.1 Å². The van der Waals surface area contributed by atoms with Crippen LogP contribution < -0.4 is 5.56 Å². The molecule has 0 saturated carbocycles. The maximum Gasteiger partial charge on any atom is 0.258 e. The first-order valence-electron chi connectivity index (χ1n) is 7.34. The molecule has 5 nitrogen and oxygen atoms in total.